The van der Waals surface area contributed by atoms with Gasteiger partial charge in [-0.15, -0.1) is 0 Å². The molecule has 1 aromatic carbocycles. The first-order chi connectivity index (χ1) is 17.5. The van der Waals surface area contributed by atoms with Gasteiger partial charge in [-0.1, -0.05) is 24.3 Å². The maximum atomic E-state index is 5.56. The molecular weight excluding hydrogens is 446 g/mol. The van der Waals surface area contributed by atoms with E-state index < -0.39 is 0 Å². The summed E-state index contributed by atoms with van der Waals surface area (Å²) in [6, 6.07) is 8.99. The summed E-state index contributed by atoms with van der Waals surface area (Å²) in [6.07, 6.45) is 9.63. The predicted octanol–water partition coefficient (Wildman–Crippen LogP) is 5.47. The summed E-state index contributed by atoms with van der Waals surface area (Å²) in [5.74, 6) is 2.51. The lowest BCUT2D eigenvalue weighted by atomic mass is 9.98. The molecule has 0 aliphatic carbocycles. The highest BCUT2D eigenvalue weighted by Crippen LogP contribution is 2.28. The van der Waals surface area contributed by atoms with Crippen LogP contribution < -0.4 is 4.90 Å². The second-order valence-corrected chi connectivity index (χ2v) is 10.0. The molecule has 6 heteroatoms. The minimum atomic E-state index is 0.606. The Kier molecular flexibility index (Phi) is 7.33. The number of nitrogens with zero attached hydrogens (tertiary/aromatic N) is 5. The number of aryl methyl sites for hydroxylation is 2. The number of allylic oxidation sites excluding steroid dienone is 1. The van der Waals surface area contributed by atoms with Gasteiger partial charge in [0.15, 0.2) is 0 Å². The molecule has 0 spiro atoms. The number of anilines is 1. The van der Waals surface area contributed by atoms with E-state index in [1.807, 2.05) is 13.8 Å². The largest absolute Gasteiger partial charge is 0.492 e. The number of aromatic nitrogens is 2. The fourth-order valence-electron chi connectivity index (χ4n) is 5.24. The van der Waals surface area contributed by atoms with Crippen molar-refractivity contribution in [3.05, 3.63) is 82.2 Å². The molecule has 0 N–H and O–H groups in total. The summed E-state index contributed by atoms with van der Waals surface area (Å²) in [4.78, 5) is 19.2. The van der Waals surface area contributed by atoms with Crippen LogP contribution in [0.15, 0.2) is 58.9 Å². The molecule has 1 fully saturated rings. The van der Waals surface area contributed by atoms with Gasteiger partial charge >= 0.3 is 0 Å². The highest BCUT2D eigenvalue weighted by atomic mass is 16.5. The highest BCUT2D eigenvalue weighted by Gasteiger charge is 2.20. The third-order valence-corrected chi connectivity index (χ3v) is 7.27. The van der Waals surface area contributed by atoms with Crippen LogP contribution in [0, 0.1) is 6.92 Å². The van der Waals surface area contributed by atoms with Gasteiger partial charge in [0.1, 0.15) is 23.1 Å². The Hall–Kier alpha value is -3.25. The van der Waals surface area contributed by atoms with Gasteiger partial charge in [0.25, 0.3) is 0 Å². The number of benzene rings is 1. The molecular formula is C30H37N5O. The molecule has 0 atom stereocenters. The van der Waals surface area contributed by atoms with Crippen LogP contribution in [0.1, 0.15) is 60.8 Å². The first-order valence-corrected chi connectivity index (χ1v) is 13.2. The van der Waals surface area contributed by atoms with Crippen LogP contribution in [-0.4, -0.2) is 53.9 Å². The quantitative estimate of drug-likeness (QED) is 0.510. The Morgan fingerprint density at radius 1 is 1.08 bits per heavy atom. The zero-order valence-electron chi connectivity index (χ0n) is 21.9. The average molecular weight is 484 g/mol. The van der Waals surface area contributed by atoms with E-state index in [0.717, 1.165) is 87.0 Å². The summed E-state index contributed by atoms with van der Waals surface area (Å²) < 4.78 is 5.56. The predicted molar refractivity (Wildman–Crippen MR) is 147 cm³/mol. The summed E-state index contributed by atoms with van der Waals surface area (Å²) in [6.45, 7) is 12.7. The van der Waals surface area contributed by atoms with Gasteiger partial charge in [-0.2, -0.15) is 0 Å². The van der Waals surface area contributed by atoms with Crippen LogP contribution in [0.3, 0.4) is 0 Å². The first kappa shape index (κ1) is 24.4. The van der Waals surface area contributed by atoms with Crippen LogP contribution in [0.5, 0.6) is 0 Å². The Balaban J connectivity index is 1.37. The lowest BCUT2D eigenvalue weighted by Crippen LogP contribution is -2.26. The Labute approximate surface area is 215 Å². The zero-order chi connectivity index (χ0) is 25.1. The zero-order valence-corrected chi connectivity index (χ0v) is 21.9. The second-order valence-electron chi connectivity index (χ2n) is 10.0. The summed E-state index contributed by atoms with van der Waals surface area (Å²) in [5.41, 5.74) is 8.41. The molecule has 0 bridgehead atoms. The van der Waals surface area contributed by atoms with E-state index in [9.17, 15) is 0 Å². The molecule has 2 aromatic rings. The molecule has 0 amide bonds. The maximum Gasteiger partial charge on any atom is 0.137 e. The van der Waals surface area contributed by atoms with Crippen molar-refractivity contribution < 1.29 is 4.74 Å². The van der Waals surface area contributed by atoms with E-state index in [2.05, 4.69) is 59.8 Å². The number of hydrogen-bond acceptors (Lipinski definition) is 6. The molecule has 5 rings (SSSR count). The van der Waals surface area contributed by atoms with E-state index in [0.29, 0.717) is 12.4 Å². The summed E-state index contributed by atoms with van der Waals surface area (Å²) in [7, 11) is 2.19. The molecule has 0 saturated carbocycles. The molecule has 6 nitrogen and oxygen atoms in total. The molecule has 1 saturated heterocycles. The van der Waals surface area contributed by atoms with Gasteiger partial charge in [0.2, 0.25) is 0 Å². The number of fused-ring (bicyclic) bond motifs is 1. The topological polar surface area (TPSA) is 53.9 Å². The van der Waals surface area contributed by atoms with Crippen LogP contribution in [0.2, 0.25) is 0 Å². The lowest BCUT2D eigenvalue weighted by molar-refractivity contribution is 0.239. The summed E-state index contributed by atoms with van der Waals surface area (Å²) >= 11 is 0. The van der Waals surface area contributed by atoms with Crippen molar-refractivity contribution in [1.82, 2.24) is 14.9 Å². The number of ether oxygens (including phenoxy) is 1. The van der Waals surface area contributed by atoms with Crippen LogP contribution in [0.4, 0.5) is 5.82 Å². The standard InChI is InChI=1S/C30H37N5O/c1-5-36-21(2)28-10-11-29(33-28)25-9-8-24-7-6-14-35(20-26(24)18-25)30-19-27(31-22(3)32-30)17-23-12-15-34(4)16-13-23/h8-10,17-19H,2,5-7,11-16,20H2,1,3-4H3. The third kappa shape index (κ3) is 5.59. The normalized spacial score (nSPS) is 18.3. The Bertz CT molecular complexity index is 1230. The maximum absolute atomic E-state index is 5.56. The highest BCUT2D eigenvalue weighted by molar-refractivity contribution is 6.04. The fourth-order valence-corrected chi connectivity index (χ4v) is 5.24. The van der Waals surface area contributed by atoms with Gasteiger partial charge in [0, 0.05) is 38.7 Å². The number of likely N-dealkylation sites (tertiary alicyclic amines) is 1. The molecule has 1 aromatic heterocycles. The lowest BCUT2D eigenvalue weighted by Gasteiger charge is -2.24. The van der Waals surface area contributed by atoms with Crippen molar-refractivity contribution in [3.63, 3.8) is 0 Å². The first-order valence-electron chi connectivity index (χ1n) is 13.2. The molecule has 4 heterocycles. The van der Waals surface area contributed by atoms with Crippen LogP contribution in [0.25, 0.3) is 6.08 Å². The van der Waals surface area contributed by atoms with Crippen LogP contribution >= 0.6 is 0 Å². The van der Waals surface area contributed by atoms with E-state index in [4.69, 9.17) is 19.7 Å². The number of aliphatic imine (C=N–C) groups is 1. The fraction of sp³-hybridized carbons (Fsp3) is 0.433. The smallest absolute Gasteiger partial charge is 0.137 e. The number of hydrogen-bond donors (Lipinski definition) is 0. The number of piperidine rings is 1. The van der Waals surface area contributed by atoms with E-state index in [1.54, 1.807) is 0 Å². The molecule has 0 radical (unpaired) electrons. The van der Waals surface area contributed by atoms with Crippen molar-refractivity contribution in [3.8, 4) is 0 Å². The summed E-state index contributed by atoms with van der Waals surface area (Å²) in [5, 5.41) is 0. The average Bonchev–Trinajstić information content (AvgIpc) is 3.26. The molecule has 0 unspecified atom stereocenters. The van der Waals surface area contributed by atoms with Crippen LogP contribution in [-0.2, 0) is 17.7 Å². The molecule has 3 aliphatic heterocycles. The minimum absolute atomic E-state index is 0.606. The van der Waals surface area contributed by atoms with Crippen molar-refractivity contribution in [2.75, 3.05) is 38.2 Å². The molecule has 188 valence electrons. The van der Waals surface area contributed by atoms with Crippen molar-refractivity contribution in [2.45, 2.75) is 52.5 Å². The molecule has 3 aliphatic rings. The SMILES string of the molecule is C=C(OCC)C1=CCC(c2ccc3c(c2)CN(c2cc(C=C4CCN(C)CC4)nc(C)n2)CCC3)=N1. The van der Waals surface area contributed by atoms with Crippen molar-refractivity contribution in [2.24, 2.45) is 4.99 Å². The van der Waals surface area contributed by atoms with Gasteiger partial charge in [-0.25, -0.2) is 15.0 Å². The third-order valence-electron chi connectivity index (χ3n) is 7.27. The Morgan fingerprint density at radius 3 is 2.72 bits per heavy atom. The molecule has 36 heavy (non-hydrogen) atoms. The second kappa shape index (κ2) is 10.8. The van der Waals surface area contributed by atoms with E-state index >= 15 is 0 Å². The Morgan fingerprint density at radius 2 is 1.92 bits per heavy atom. The van der Waals surface area contributed by atoms with Crippen molar-refractivity contribution in [1.29, 1.82) is 0 Å². The monoisotopic (exact) mass is 483 g/mol. The van der Waals surface area contributed by atoms with Gasteiger partial charge < -0.3 is 14.5 Å². The van der Waals surface area contributed by atoms with Crippen molar-refractivity contribution >= 4 is 17.6 Å². The van der Waals surface area contributed by atoms with Gasteiger partial charge in [0.05, 0.1) is 18.0 Å². The number of rotatable bonds is 6. The van der Waals surface area contributed by atoms with Gasteiger partial charge in [-0.05, 0) is 81.5 Å². The van der Waals surface area contributed by atoms with E-state index in [-0.39, 0.29) is 0 Å². The van der Waals surface area contributed by atoms with Gasteiger partial charge in [-0.3, -0.25) is 0 Å². The van der Waals surface area contributed by atoms with E-state index in [1.165, 1.54) is 22.3 Å². The minimum Gasteiger partial charge on any atom is -0.492 e.